The minimum atomic E-state index is -0.526. The number of fused-ring (bicyclic) bond motifs is 2. The molecule has 0 radical (unpaired) electrons. The van der Waals surface area contributed by atoms with Crippen LogP contribution in [-0.2, 0) is 4.79 Å². The lowest BCUT2D eigenvalue weighted by molar-refractivity contribution is -0.137. The molecule has 0 amide bonds. The van der Waals surface area contributed by atoms with E-state index in [-0.39, 0.29) is 23.7 Å². The number of methoxy groups -OCH3 is 1. The van der Waals surface area contributed by atoms with Gasteiger partial charge in [0.05, 0.1) is 18.4 Å². The van der Waals surface area contributed by atoms with Gasteiger partial charge in [-0.2, -0.15) is 0 Å². The molecule has 0 bridgehead atoms. The van der Waals surface area contributed by atoms with Gasteiger partial charge in [-0.1, -0.05) is 13.8 Å². The zero-order valence-corrected chi connectivity index (χ0v) is 15.6. The molecular weight excluding hydrogens is 364 g/mol. The Morgan fingerprint density at radius 1 is 1.07 bits per heavy atom. The first kappa shape index (κ1) is 17.9. The van der Waals surface area contributed by atoms with E-state index in [1.165, 1.54) is 7.11 Å². The number of hydrogen-bond donors (Lipinski definition) is 0. The summed E-state index contributed by atoms with van der Waals surface area (Å²) in [5.41, 5.74) is 0.407. The quantitative estimate of drug-likeness (QED) is 0.635. The minimum Gasteiger partial charge on any atom is -0.497 e. The maximum atomic E-state index is 13.1. The molecule has 1 aliphatic heterocycles. The van der Waals surface area contributed by atoms with E-state index in [4.69, 9.17) is 23.4 Å². The zero-order valence-electron chi connectivity index (χ0n) is 15.6. The van der Waals surface area contributed by atoms with Gasteiger partial charge in [0.2, 0.25) is 18.0 Å². The maximum absolute atomic E-state index is 13.1. The van der Waals surface area contributed by atoms with Gasteiger partial charge in [-0.15, -0.1) is 0 Å². The van der Waals surface area contributed by atoms with Gasteiger partial charge in [0, 0.05) is 11.6 Å². The summed E-state index contributed by atoms with van der Waals surface area (Å²) in [6.45, 7) is 3.50. The Kier molecular flexibility index (Phi) is 4.43. The standard InChI is InChI=1S/C21H18O7/c1-11(2)21(23)28-20-18(22)14-6-5-13(24-3)9-16(14)27-19(20)12-4-7-15-17(8-12)26-10-25-15/h4-9,11H,10H2,1-3H3. The second-order valence-corrected chi connectivity index (χ2v) is 6.60. The highest BCUT2D eigenvalue weighted by Crippen LogP contribution is 2.39. The average Bonchev–Trinajstić information content (AvgIpc) is 3.17. The van der Waals surface area contributed by atoms with Crippen molar-refractivity contribution in [1.82, 2.24) is 0 Å². The van der Waals surface area contributed by atoms with Crippen molar-refractivity contribution >= 4 is 16.9 Å². The first-order chi connectivity index (χ1) is 13.5. The third-order valence-corrected chi connectivity index (χ3v) is 4.37. The molecule has 1 aromatic heterocycles. The van der Waals surface area contributed by atoms with E-state index in [1.807, 2.05) is 0 Å². The Balaban J connectivity index is 1.95. The molecule has 0 saturated heterocycles. The monoisotopic (exact) mass is 382 g/mol. The van der Waals surface area contributed by atoms with E-state index >= 15 is 0 Å². The number of benzene rings is 2. The van der Waals surface area contributed by atoms with Crippen molar-refractivity contribution in [3.05, 3.63) is 46.6 Å². The van der Waals surface area contributed by atoms with Crippen LogP contribution in [0.5, 0.6) is 23.0 Å². The summed E-state index contributed by atoms with van der Waals surface area (Å²) < 4.78 is 27.4. The molecule has 4 rings (SSSR count). The molecular formula is C21H18O7. The number of carbonyl (C=O) groups excluding carboxylic acids is 1. The minimum absolute atomic E-state index is 0.118. The number of hydrogen-bond acceptors (Lipinski definition) is 7. The first-order valence-electron chi connectivity index (χ1n) is 8.74. The van der Waals surface area contributed by atoms with Gasteiger partial charge in [0.15, 0.2) is 17.3 Å². The predicted octanol–water partition coefficient (Wildman–Crippen LogP) is 3.76. The van der Waals surface area contributed by atoms with E-state index < -0.39 is 17.3 Å². The summed E-state index contributed by atoms with van der Waals surface area (Å²) in [4.78, 5) is 25.3. The third-order valence-electron chi connectivity index (χ3n) is 4.37. The molecule has 0 spiro atoms. The molecule has 0 fully saturated rings. The Morgan fingerprint density at radius 3 is 2.61 bits per heavy atom. The number of ether oxygens (including phenoxy) is 4. The van der Waals surface area contributed by atoms with Crippen molar-refractivity contribution < 1.29 is 28.2 Å². The zero-order chi connectivity index (χ0) is 19.8. The lowest BCUT2D eigenvalue weighted by Gasteiger charge is -2.12. The van der Waals surface area contributed by atoms with Gasteiger partial charge in [-0.25, -0.2) is 0 Å². The number of rotatable bonds is 4. The van der Waals surface area contributed by atoms with Crippen molar-refractivity contribution in [2.24, 2.45) is 5.92 Å². The number of esters is 1. The van der Waals surface area contributed by atoms with Gasteiger partial charge < -0.3 is 23.4 Å². The molecule has 0 atom stereocenters. The summed E-state index contributed by atoms with van der Waals surface area (Å²) in [6.07, 6.45) is 0. The van der Waals surface area contributed by atoms with Gasteiger partial charge in [-0.05, 0) is 30.3 Å². The molecule has 7 heteroatoms. The summed E-state index contributed by atoms with van der Waals surface area (Å²) in [5.74, 6) is 0.700. The second-order valence-electron chi connectivity index (χ2n) is 6.60. The van der Waals surface area contributed by atoms with E-state index in [9.17, 15) is 9.59 Å². The average molecular weight is 382 g/mol. The highest BCUT2D eigenvalue weighted by molar-refractivity contribution is 5.85. The second kappa shape index (κ2) is 6.92. The lowest BCUT2D eigenvalue weighted by Crippen LogP contribution is -2.20. The smallest absolute Gasteiger partial charge is 0.314 e. The fraction of sp³-hybridized carbons (Fsp3) is 0.238. The van der Waals surface area contributed by atoms with Gasteiger partial charge >= 0.3 is 5.97 Å². The molecule has 2 heterocycles. The molecule has 3 aromatic rings. The maximum Gasteiger partial charge on any atom is 0.314 e. The van der Waals surface area contributed by atoms with Crippen LogP contribution in [0.4, 0.5) is 0 Å². The van der Waals surface area contributed by atoms with Crippen molar-refractivity contribution in [1.29, 1.82) is 0 Å². The number of carbonyl (C=O) groups is 1. The highest BCUT2D eigenvalue weighted by atomic mass is 16.7. The third kappa shape index (κ3) is 3.05. The molecule has 2 aromatic carbocycles. The van der Waals surface area contributed by atoms with Crippen molar-refractivity contribution in [2.75, 3.05) is 13.9 Å². The Morgan fingerprint density at radius 2 is 1.86 bits per heavy atom. The molecule has 144 valence electrons. The molecule has 0 saturated carbocycles. The molecule has 0 unspecified atom stereocenters. The van der Waals surface area contributed by atoms with E-state index in [1.54, 1.807) is 50.2 Å². The normalized spacial score (nSPS) is 12.4. The van der Waals surface area contributed by atoms with E-state index in [0.717, 1.165) is 0 Å². The van der Waals surface area contributed by atoms with Crippen LogP contribution in [0.25, 0.3) is 22.3 Å². The van der Waals surface area contributed by atoms with Crippen molar-refractivity contribution in [3.8, 4) is 34.3 Å². The fourth-order valence-electron chi connectivity index (χ4n) is 2.82. The van der Waals surface area contributed by atoms with Gasteiger partial charge in [0.25, 0.3) is 0 Å². The van der Waals surface area contributed by atoms with Crippen LogP contribution in [-0.4, -0.2) is 19.9 Å². The van der Waals surface area contributed by atoms with Crippen LogP contribution in [0.15, 0.2) is 45.6 Å². The van der Waals surface area contributed by atoms with Crippen LogP contribution in [0.3, 0.4) is 0 Å². The van der Waals surface area contributed by atoms with Gasteiger partial charge in [-0.3, -0.25) is 9.59 Å². The van der Waals surface area contributed by atoms with Crippen LogP contribution < -0.4 is 24.4 Å². The summed E-state index contributed by atoms with van der Waals surface area (Å²) >= 11 is 0. The molecule has 7 nitrogen and oxygen atoms in total. The van der Waals surface area contributed by atoms with Crippen LogP contribution in [0.1, 0.15) is 13.8 Å². The fourth-order valence-corrected chi connectivity index (χ4v) is 2.82. The Bertz CT molecular complexity index is 1130. The van der Waals surface area contributed by atoms with E-state index in [0.29, 0.717) is 28.4 Å². The van der Waals surface area contributed by atoms with Crippen molar-refractivity contribution in [2.45, 2.75) is 13.8 Å². The first-order valence-corrected chi connectivity index (χ1v) is 8.74. The topological polar surface area (TPSA) is 84.2 Å². The summed E-state index contributed by atoms with van der Waals surface area (Å²) in [5, 5.41) is 0.289. The molecule has 0 N–H and O–H groups in total. The largest absolute Gasteiger partial charge is 0.497 e. The SMILES string of the molecule is COc1ccc2c(=O)c(OC(=O)C(C)C)c(-c3ccc4c(c3)OCO4)oc2c1. The van der Waals surface area contributed by atoms with Crippen molar-refractivity contribution in [3.63, 3.8) is 0 Å². The Hall–Kier alpha value is -3.48. The van der Waals surface area contributed by atoms with Crippen LogP contribution in [0, 0.1) is 5.92 Å². The molecule has 0 aliphatic carbocycles. The highest BCUT2D eigenvalue weighted by Gasteiger charge is 2.24. The Labute approximate surface area is 160 Å². The lowest BCUT2D eigenvalue weighted by atomic mass is 10.1. The van der Waals surface area contributed by atoms with Crippen LogP contribution in [0.2, 0.25) is 0 Å². The summed E-state index contributed by atoms with van der Waals surface area (Å²) in [6, 6.07) is 9.94. The predicted molar refractivity (Wildman–Crippen MR) is 101 cm³/mol. The summed E-state index contributed by atoms with van der Waals surface area (Å²) in [7, 11) is 1.52. The van der Waals surface area contributed by atoms with Crippen LogP contribution >= 0.6 is 0 Å². The molecule has 1 aliphatic rings. The van der Waals surface area contributed by atoms with Gasteiger partial charge in [0.1, 0.15) is 11.3 Å². The molecule has 28 heavy (non-hydrogen) atoms. The van der Waals surface area contributed by atoms with E-state index in [2.05, 4.69) is 0 Å².